The highest BCUT2D eigenvalue weighted by Gasteiger charge is 2.27. The van der Waals surface area contributed by atoms with E-state index >= 15 is 0 Å². The maximum Gasteiger partial charge on any atom is 0.356 e. The van der Waals surface area contributed by atoms with Crippen LogP contribution in [0.25, 0.3) is 11.0 Å². The summed E-state index contributed by atoms with van der Waals surface area (Å²) < 4.78 is 17.1. The molecule has 1 amide bonds. The van der Waals surface area contributed by atoms with Gasteiger partial charge in [0.15, 0.2) is 11.5 Å². The van der Waals surface area contributed by atoms with Gasteiger partial charge in [0.05, 0.1) is 37.6 Å². The Hall–Kier alpha value is -3.33. The lowest BCUT2D eigenvalue weighted by atomic mass is 10.2. The molecule has 0 bridgehead atoms. The molecule has 30 heavy (non-hydrogen) atoms. The summed E-state index contributed by atoms with van der Waals surface area (Å²) in [6.07, 6.45) is 4.05. The summed E-state index contributed by atoms with van der Waals surface area (Å²) in [6, 6.07) is 5.27. The molecule has 0 spiro atoms. The lowest BCUT2D eigenvalue weighted by Gasteiger charge is -2.13. The number of esters is 1. The van der Waals surface area contributed by atoms with Gasteiger partial charge in [-0.2, -0.15) is 0 Å². The van der Waals surface area contributed by atoms with Crippen LogP contribution < -0.4 is 10.6 Å². The molecule has 0 unspecified atom stereocenters. The van der Waals surface area contributed by atoms with Gasteiger partial charge in [0, 0.05) is 25.1 Å². The minimum Gasteiger partial charge on any atom is -0.464 e. The molecular weight excluding hydrogens is 388 g/mol. The Labute approximate surface area is 174 Å². The highest BCUT2D eigenvalue weighted by Crippen LogP contribution is 2.33. The Kier molecular flexibility index (Phi) is 6.73. The Balaban J connectivity index is 2.17. The van der Waals surface area contributed by atoms with Gasteiger partial charge in [-0.15, -0.1) is 0 Å². The third-order valence-electron chi connectivity index (χ3n) is 4.81. The predicted octanol–water partition coefficient (Wildman–Crippen LogP) is 3.53. The lowest BCUT2D eigenvalue weighted by molar-refractivity contribution is 0.0588. The minimum absolute atomic E-state index is 0.130. The minimum atomic E-state index is -0.588. The van der Waals surface area contributed by atoms with E-state index in [2.05, 4.69) is 29.5 Å². The van der Waals surface area contributed by atoms with Gasteiger partial charge in [-0.05, 0) is 31.5 Å². The molecule has 160 valence electrons. The van der Waals surface area contributed by atoms with Crippen molar-refractivity contribution in [2.75, 3.05) is 31.5 Å². The van der Waals surface area contributed by atoms with E-state index in [0.29, 0.717) is 29.9 Å². The lowest BCUT2D eigenvalue weighted by Crippen LogP contribution is -2.18. The van der Waals surface area contributed by atoms with Crippen molar-refractivity contribution in [2.24, 2.45) is 0 Å². The Morgan fingerprint density at radius 2 is 2.13 bits per heavy atom. The van der Waals surface area contributed by atoms with Crippen LogP contribution >= 0.6 is 0 Å². The van der Waals surface area contributed by atoms with Crippen LogP contribution in [0.4, 0.5) is 11.4 Å². The topological polar surface area (TPSA) is 108 Å². The van der Waals surface area contributed by atoms with Gasteiger partial charge in [0.2, 0.25) is 0 Å². The molecule has 0 aromatic carbocycles. The van der Waals surface area contributed by atoms with Crippen LogP contribution in [0.2, 0.25) is 0 Å². The summed E-state index contributed by atoms with van der Waals surface area (Å²) in [7, 11) is 2.87. The van der Waals surface area contributed by atoms with Gasteiger partial charge in [-0.3, -0.25) is 4.79 Å². The number of carbonyl (C=O) groups excluding carboxylic acids is 2. The molecule has 0 aliphatic carbocycles. The molecule has 3 aromatic rings. The van der Waals surface area contributed by atoms with Crippen molar-refractivity contribution in [2.45, 2.75) is 32.9 Å². The first-order valence-electron chi connectivity index (χ1n) is 9.71. The molecule has 3 aromatic heterocycles. The molecular formula is C21H26N4O5. The normalized spacial score (nSPS) is 12.0. The quantitative estimate of drug-likeness (QED) is 0.516. The van der Waals surface area contributed by atoms with Crippen molar-refractivity contribution in [3.8, 4) is 0 Å². The second-order valence-corrected chi connectivity index (χ2v) is 6.84. The second-order valence-electron chi connectivity index (χ2n) is 6.84. The van der Waals surface area contributed by atoms with E-state index in [-0.39, 0.29) is 17.5 Å². The second kappa shape index (κ2) is 9.45. The number of pyridine rings is 1. The highest BCUT2D eigenvalue weighted by atomic mass is 16.5. The summed E-state index contributed by atoms with van der Waals surface area (Å²) in [4.78, 5) is 29.9. The molecule has 2 N–H and O–H groups in total. The van der Waals surface area contributed by atoms with Gasteiger partial charge >= 0.3 is 5.97 Å². The van der Waals surface area contributed by atoms with Gasteiger partial charge in [0.1, 0.15) is 5.65 Å². The third kappa shape index (κ3) is 4.30. The number of ether oxygens (including phenoxy) is 2. The fourth-order valence-electron chi connectivity index (χ4n) is 3.11. The van der Waals surface area contributed by atoms with Crippen LogP contribution in [-0.2, 0) is 16.0 Å². The number of hydrogen-bond acceptors (Lipinski definition) is 7. The number of fused-ring (bicyclic) bond motifs is 1. The molecule has 9 nitrogen and oxygen atoms in total. The van der Waals surface area contributed by atoms with Crippen LogP contribution in [0.3, 0.4) is 0 Å². The number of amides is 1. The predicted molar refractivity (Wildman–Crippen MR) is 113 cm³/mol. The van der Waals surface area contributed by atoms with E-state index in [9.17, 15) is 9.59 Å². The van der Waals surface area contributed by atoms with Crippen molar-refractivity contribution in [1.29, 1.82) is 0 Å². The molecule has 0 radical (unpaired) electrons. The van der Waals surface area contributed by atoms with Gasteiger partial charge < -0.3 is 29.1 Å². The molecule has 0 aliphatic rings. The molecule has 0 saturated carbocycles. The van der Waals surface area contributed by atoms with Crippen LogP contribution in [-0.4, -0.2) is 48.3 Å². The first-order chi connectivity index (χ1) is 14.5. The summed E-state index contributed by atoms with van der Waals surface area (Å²) in [5, 5.41) is 6.77. The van der Waals surface area contributed by atoms with Gasteiger partial charge in [-0.25, -0.2) is 9.78 Å². The summed E-state index contributed by atoms with van der Waals surface area (Å²) >= 11 is 0. The van der Waals surface area contributed by atoms with Crippen molar-refractivity contribution in [3.05, 3.63) is 42.1 Å². The summed E-state index contributed by atoms with van der Waals surface area (Å²) in [5.41, 5.74) is 1.83. The maximum atomic E-state index is 12.7. The number of anilines is 2. The molecule has 0 aliphatic heterocycles. The van der Waals surface area contributed by atoms with Gasteiger partial charge in [0.25, 0.3) is 5.91 Å². The molecule has 9 heteroatoms. The van der Waals surface area contributed by atoms with E-state index in [1.165, 1.54) is 13.4 Å². The Morgan fingerprint density at radius 1 is 1.33 bits per heavy atom. The van der Waals surface area contributed by atoms with Crippen molar-refractivity contribution in [1.82, 2.24) is 9.55 Å². The van der Waals surface area contributed by atoms with E-state index < -0.39 is 11.9 Å². The smallest absolute Gasteiger partial charge is 0.356 e. The number of methoxy groups -OCH3 is 2. The summed E-state index contributed by atoms with van der Waals surface area (Å²) in [5.74, 6) is -0.933. The number of furan rings is 1. The van der Waals surface area contributed by atoms with Crippen molar-refractivity contribution in [3.63, 3.8) is 0 Å². The van der Waals surface area contributed by atoms with Crippen molar-refractivity contribution < 1.29 is 23.5 Å². The number of carbonyl (C=O) groups is 2. The maximum absolute atomic E-state index is 12.7. The zero-order valence-electron chi connectivity index (χ0n) is 17.5. The zero-order chi connectivity index (χ0) is 21.7. The monoisotopic (exact) mass is 414 g/mol. The van der Waals surface area contributed by atoms with Crippen LogP contribution in [0.5, 0.6) is 0 Å². The first kappa shape index (κ1) is 21.4. The number of hydrogen-bond donors (Lipinski definition) is 2. The molecule has 3 rings (SSSR count). The zero-order valence-corrected chi connectivity index (χ0v) is 17.5. The SMILES string of the molecule is CC[C@H](C)Nc1cnc2c(c1)c(NC(=O)c1ccco1)c(C(=O)OC)n2CCOC. The van der Waals surface area contributed by atoms with E-state index in [1.807, 2.05) is 6.07 Å². The number of rotatable bonds is 9. The van der Waals surface area contributed by atoms with Crippen LogP contribution in [0, 0.1) is 0 Å². The summed E-state index contributed by atoms with van der Waals surface area (Å²) in [6.45, 7) is 4.86. The highest BCUT2D eigenvalue weighted by molar-refractivity contribution is 6.14. The van der Waals surface area contributed by atoms with Crippen molar-refractivity contribution >= 4 is 34.3 Å². The Morgan fingerprint density at radius 3 is 2.77 bits per heavy atom. The largest absolute Gasteiger partial charge is 0.464 e. The van der Waals surface area contributed by atoms with Crippen LogP contribution in [0.1, 0.15) is 41.3 Å². The van der Waals surface area contributed by atoms with Gasteiger partial charge in [-0.1, -0.05) is 6.92 Å². The number of nitrogens with zero attached hydrogens (tertiary/aromatic N) is 2. The standard InChI is InChI=1S/C21H26N4O5/c1-5-13(2)23-14-11-15-17(24-20(26)16-7-6-9-30-16)18(21(27)29-4)25(8-10-28-3)19(15)22-12-14/h6-7,9,11-13,23H,5,8,10H2,1-4H3,(H,24,26)/t13-/m0/s1. The number of aromatic nitrogens is 2. The van der Waals surface area contributed by atoms with E-state index in [4.69, 9.17) is 13.9 Å². The molecule has 3 heterocycles. The Bertz CT molecular complexity index is 1030. The molecule has 0 fully saturated rings. The van der Waals surface area contributed by atoms with E-state index in [0.717, 1.165) is 12.1 Å². The fourth-order valence-corrected chi connectivity index (χ4v) is 3.11. The average molecular weight is 414 g/mol. The van der Waals surface area contributed by atoms with Crippen LogP contribution in [0.15, 0.2) is 35.1 Å². The number of nitrogens with one attached hydrogen (secondary N) is 2. The third-order valence-corrected chi connectivity index (χ3v) is 4.81. The molecule has 0 saturated heterocycles. The average Bonchev–Trinajstić information content (AvgIpc) is 3.39. The molecule has 1 atom stereocenters. The fraction of sp³-hybridized carbons (Fsp3) is 0.381. The first-order valence-corrected chi connectivity index (χ1v) is 9.71. The van der Waals surface area contributed by atoms with E-state index in [1.54, 1.807) is 30.0 Å².